The van der Waals surface area contributed by atoms with Crippen LogP contribution in [0.25, 0.3) is 0 Å². The molecule has 0 aliphatic rings. The first-order valence-electron chi connectivity index (χ1n) is 5.54. The van der Waals surface area contributed by atoms with Gasteiger partial charge in [0, 0.05) is 23.9 Å². The van der Waals surface area contributed by atoms with Gasteiger partial charge in [0.25, 0.3) is 0 Å². The fourth-order valence-corrected chi connectivity index (χ4v) is 1.52. The molecule has 0 atom stereocenters. The molecule has 5 nitrogen and oxygen atoms in total. The van der Waals surface area contributed by atoms with Crippen LogP contribution in [0, 0.1) is 0 Å². The first-order valence-corrected chi connectivity index (χ1v) is 5.95. The monoisotopic (exact) mass is 262 g/mol. The zero-order chi connectivity index (χ0) is 13.1. The molecule has 0 saturated carbocycles. The van der Waals surface area contributed by atoms with Crippen LogP contribution >= 0.6 is 12.2 Å². The van der Waals surface area contributed by atoms with Crippen molar-refractivity contribution in [1.29, 1.82) is 0 Å². The molecule has 2 aromatic heterocycles. The second-order valence-corrected chi connectivity index (χ2v) is 4.54. The molecule has 0 spiro atoms. The maximum Gasteiger partial charge on any atom is 0.220 e. The molecule has 2 rings (SSSR count). The summed E-state index contributed by atoms with van der Waals surface area (Å²) >= 11 is 4.90. The SMILES string of the molecule is CC(C)n1cc(Oc2cc(C(N)=S)ccn2)cn1. The molecule has 2 heterocycles. The molecule has 0 aliphatic heterocycles. The Bertz CT molecular complexity index is 565. The summed E-state index contributed by atoms with van der Waals surface area (Å²) in [5, 5.41) is 4.18. The standard InChI is InChI=1S/C12H14N4OS/c1-8(2)16-7-10(6-15-16)17-11-5-9(12(13)18)3-4-14-11/h3-8H,1-2H3,(H2,13,18). The van der Waals surface area contributed by atoms with E-state index in [9.17, 15) is 0 Å². The smallest absolute Gasteiger partial charge is 0.220 e. The summed E-state index contributed by atoms with van der Waals surface area (Å²) < 4.78 is 7.40. The van der Waals surface area contributed by atoms with E-state index < -0.39 is 0 Å². The van der Waals surface area contributed by atoms with Crippen LogP contribution in [0.15, 0.2) is 30.7 Å². The van der Waals surface area contributed by atoms with Gasteiger partial charge in [-0.25, -0.2) is 4.98 Å². The predicted octanol–water partition coefficient (Wildman–Crippen LogP) is 2.29. The Hall–Kier alpha value is -1.95. The minimum absolute atomic E-state index is 0.290. The van der Waals surface area contributed by atoms with E-state index in [1.165, 1.54) is 0 Å². The first-order chi connectivity index (χ1) is 8.56. The van der Waals surface area contributed by atoms with Gasteiger partial charge in [-0.05, 0) is 19.9 Å². The normalized spacial score (nSPS) is 10.6. The highest BCUT2D eigenvalue weighted by molar-refractivity contribution is 7.80. The molecule has 2 N–H and O–H groups in total. The Morgan fingerprint density at radius 2 is 2.28 bits per heavy atom. The Balaban J connectivity index is 2.17. The van der Waals surface area contributed by atoms with Gasteiger partial charge in [0.2, 0.25) is 5.88 Å². The van der Waals surface area contributed by atoms with Gasteiger partial charge in [0.15, 0.2) is 5.75 Å². The third kappa shape index (κ3) is 2.84. The summed E-state index contributed by atoms with van der Waals surface area (Å²) in [6.07, 6.45) is 5.08. The van der Waals surface area contributed by atoms with E-state index in [0.717, 1.165) is 5.56 Å². The number of aromatic nitrogens is 3. The lowest BCUT2D eigenvalue weighted by atomic mass is 10.3. The van der Waals surface area contributed by atoms with E-state index in [-0.39, 0.29) is 0 Å². The van der Waals surface area contributed by atoms with Crippen LogP contribution in [0.1, 0.15) is 25.5 Å². The van der Waals surface area contributed by atoms with Gasteiger partial charge in [-0.1, -0.05) is 12.2 Å². The summed E-state index contributed by atoms with van der Waals surface area (Å²) in [4.78, 5) is 4.42. The minimum Gasteiger partial charge on any atom is -0.436 e. The minimum atomic E-state index is 0.290. The molecule has 0 aromatic carbocycles. The number of rotatable bonds is 4. The van der Waals surface area contributed by atoms with E-state index >= 15 is 0 Å². The molecule has 0 amide bonds. The zero-order valence-corrected chi connectivity index (χ0v) is 11.0. The second-order valence-electron chi connectivity index (χ2n) is 4.10. The van der Waals surface area contributed by atoms with Crippen LogP contribution in [0.5, 0.6) is 11.6 Å². The highest BCUT2D eigenvalue weighted by Crippen LogP contribution is 2.20. The first kappa shape index (κ1) is 12.5. The van der Waals surface area contributed by atoms with Crippen LogP contribution < -0.4 is 10.5 Å². The average molecular weight is 262 g/mol. The van der Waals surface area contributed by atoms with E-state index in [4.69, 9.17) is 22.7 Å². The molecule has 18 heavy (non-hydrogen) atoms. The van der Waals surface area contributed by atoms with Gasteiger partial charge in [-0.3, -0.25) is 4.68 Å². The van der Waals surface area contributed by atoms with Gasteiger partial charge in [0.1, 0.15) is 4.99 Å². The number of nitrogens with two attached hydrogens (primary N) is 1. The summed E-state index contributed by atoms with van der Waals surface area (Å²) in [6.45, 7) is 4.09. The molecule has 0 aliphatic carbocycles. The van der Waals surface area contributed by atoms with Crippen LogP contribution in [0.2, 0.25) is 0 Å². The number of hydrogen-bond donors (Lipinski definition) is 1. The lowest BCUT2D eigenvalue weighted by molar-refractivity contribution is 0.459. The third-order valence-corrected chi connectivity index (χ3v) is 2.58. The van der Waals surface area contributed by atoms with Crippen molar-refractivity contribution in [3.63, 3.8) is 0 Å². The van der Waals surface area contributed by atoms with E-state index in [1.807, 2.05) is 24.7 Å². The van der Waals surface area contributed by atoms with Crippen molar-refractivity contribution in [3.05, 3.63) is 36.3 Å². The van der Waals surface area contributed by atoms with E-state index in [2.05, 4.69) is 10.1 Å². The molecule has 0 fully saturated rings. The van der Waals surface area contributed by atoms with Gasteiger partial charge in [0.05, 0.1) is 12.4 Å². The van der Waals surface area contributed by atoms with E-state index in [1.54, 1.807) is 24.5 Å². The molecular formula is C12H14N4OS. The maximum atomic E-state index is 5.59. The Morgan fingerprint density at radius 3 is 2.89 bits per heavy atom. The van der Waals surface area contributed by atoms with Crippen molar-refractivity contribution in [2.24, 2.45) is 5.73 Å². The van der Waals surface area contributed by atoms with Gasteiger partial charge < -0.3 is 10.5 Å². The van der Waals surface area contributed by atoms with Gasteiger partial charge >= 0.3 is 0 Å². The van der Waals surface area contributed by atoms with Crippen molar-refractivity contribution in [2.75, 3.05) is 0 Å². The Labute approximate surface area is 111 Å². The lowest BCUT2D eigenvalue weighted by Crippen LogP contribution is -2.09. The van der Waals surface area contributed by atoms with Crippen LogP contribution in [-0.4, -0.2) is 19.8 Å². The largest absolute Gasteiger partial charge is 0.436 e. The highest BCUT2D eigenvalue weighted by atomic mass is 32.1. The Morgan fingerprint density at radius 1 is 1.50 bits per heavy atom. The molecule has 94 valence electrons. The second kappa shape index (κ2) is 5.14. The number of pyridine rings is 1. The summed E-state index contributed by atoms with van der Waals surface area (Å²) in [6, 6.07) is 3.74. The number of nitrogens with zero attached hydrogens (tertiary/aromatic N) is 3. The maximum absolute atomic E-state index is 5.59. The van der Waals surface area contributed by atoms with Gasteiger partial charge in [-0.2, -0.15) is 5.10 Å². The van der Waals surface area contributed by atoms with Crippen LogP contribution in [0.3, 0.4) is 0 Å². The molecule has 0 radical (unpaired) electrons. The summed E-state index contributed by atoms with van der Waals surface area (Å²) in [5.74, 6) is 1.08. The van der Waals surface area contributed by atoms with E-state index in [0.29, 0.717) is 22.7 Å². The number of thiocarbonyl (C=S) groups is 1. The quantitative estimate of drug-likeness (QED) is 0.856. The van der Waals surface area contributed by atoms with Crippen molar-refractivity contribution in [2.45, 2.75) is 19.9 Å². The van der Waals surface area contributed by atoms with Gasteiger partial charge in [-0.15, -0.1) is 0 Å². The van der Waals surface area contributed by atoms with Crippen molar-refractivity contribution in [3.8, 4) is 11.6 Å². The van der Waals surface area contributed by atoms with Crippen molar-refractivity contribution in [1.82, 2.24) is 14.8 Å². The molecule has 0 bridgehead atoms. The number of ether oxygens (including phenoxy) is 1. The van der Waals surface area contributed by atoms with Crippen LogP contribution in [-0.2, 0) is 0 Å². The van der Waals surface area contributed by atoms with Crippen molar-refractivity contribution < 1.29 is 4.74 Å². The topological polar surface area (TPSA) is 66.0 Å². The fourth-order valence-electron chi connectivity index (χ4n) is 1.39. The zero-order valence-electron chi connectivity index (χ0n) is 10.2. The molecule has 0 unspecified atom stereocenters. The molecule has 6 heteroatoms. The molecular weight excluding hydrogens is 248 g/mol. The summed E-state index contributed by atoms with van der Waals surface area (Å²) in [7, 11) is 0. The lowest BCUT2D eigenvalue weighted by Gasteiger charge is -2.04. The summed E-state index contributed by atoms with van der Waals surface area (Å²) in [5.41, 5.74) is 6.28. The fraction of sp³-hybridized carbons (Fsp3) is 0.250. The third-order valence-electron chi connectivity index (χ3n) is 2.35. The highest BCUT2D eigenvalue weighted by Gasteiger charge is 2.06. The Kier molecular flexibility index (Phi) is 3.57. The predicted molar refractivity (Wildman–Crippen MR) is 72.8 cm³/mol. The number of hydrogen-bond acceptors (Lipinski definition) is 4. The van der Waals surface area contributed by atoms with Crippen molar-refractivity contribution >= 4 is 17.2 Å². The molecule has 0 saturated heterocycles. The molecule has 2 aromatic rings. The average Bonchev–Trinajstić information content (AvgIpc) is 2.78. The van der Waals surface area contributed by atoms with Crippen LogP contribution in [0.4, 0.5) is 0 Å².